The molecule has 0 aromatic heterocycles. The smallest absolute Gasteiger partial charge is 0.424 e. The molecule has 0 aromatic rings. The molecule has 0 amide bonds. The van der Waals surface area contributed by atoms with Crippen LogP contribution in [-0.2, 0) is 0 Å². The van der Waals surface area contributed by atoms with E-state index in [4.69, 9.17) is 10.0 Å². The van der Waals surface area contributed by atoms with Gasteiger partial charge in [-0.05, 0) is 12.3 Å². The van der Waals surface area contributed by atoms with Crippen molar-refractivity contribution in [2.45, 2.75) is 39.5 Å². The summed E-state index contributed by atoms with van der Waals surface area (Å²) in [5.41, 5.74) is 0. The lowest BCUT2D eigenvalue weighted by atomic mass is 9.89. The zero-order valence-corrected chi connectivity index (χ0v) is 8.03. The lowest BCUT2D eigenvalue weighted by Crippen LogP contribution is -2.06. The first kappa shape index (κ1) is 11.7. The molecule has 0 radical (unpaired) electrons. The van der Waals surface area contributed by atoms with Gasteiger partial charge in [0.05, 0.1) is 0 Å². The summed E-state index contributed by atoms with van der Waals surface area (Å²) in [5, 5.41) is 17.1. The largest absolute Gasteiger partial charge is 0.480 e. The summed E-state index contributed by atoms with van der Waals surface area (Å²) in [6.45, 7) is 4.27. The minimum absolute atomic E-state index is 0.457. The number of hydrogen-bond acceptors (Lipinski definition) is 2. The lowest BCUT2D eigenvalue weighted by Gasteiger charge is -2.04. The van der Waals surface area contributed by atoms with Crippen molar-refractivity contribution in [2.24, 2.45) is 5.92 Å². The van der Waals surface area contributed by atoms with Crippen LogP contribution in [-0.4, -0.2) is 17.2 Å². The summed E-state index contributed by atoms with van der Waals surface area (Å²) in [4.78, 5) is 0. The van der Waals surface area contributed by atoms with E-state index in [1.807, 2.05) is 6.08 Å². The fraction of sp³-hybridized carbons (Fsp3) is 0.778. The van der Waals surface area contributed by atoms with E-state index in [1.165, 1.54) is 25.2 Å². The van der Waals surface area contributed by atoms with Crippen molar-refractivity contribution in [2.75, 3.05) is 0 Å². The summed E-state index contributed by atoms with van der Waals surface area (Å²) >= 11 is 0. The van der Waals surface area contributed by atoms with Crippen LogP contribution in [0.2, 0.25) is 0 Å². The van der Waals surface area contributed by atoms with Crippen molar-refractivity contribution in [1.82, 2.24) is 0 Å². The van der Waals surface area contributed by atoms with E-state index < -0.39 is 7.12 Å². The Morgan fingerprint density at radius 2 is 2.00 bits per heavy atom. The van der Waals surface area contributed by atoms with E-state index >= 15 is 0 Å². The molecule has 3 heteroatoms. The predicted octanol–water partition coefficient (Wildman–Crippen LogP) is 1.77. The van der Waals surface area contributed by atoms with E-state index in [1.54, 1.807) is 0 Å². The van der Waals surface area contributed by atoms with E-state index in [2.05, 4.69) is 13.8 Å². The Balaban J connectivity index is 3.38. The Hall–Kier alpha value is -0.275. The third kappa shape index (κ3) is 7.83. The van der Waals surface area contributed by atoms with Crippen molar-refractivity contribution in [3.05, 3.63) is 12.1 Å². The number of unbranched alkanes of at least 4 members (excludes halogenated alkanes) is 2. The molecule has 2 nitrogen and oxygen atoms in total. The first-order valence-electron chi connectivity index (χ1n) is 4.71. The molecule has 0 spiro atoms. The summed E-state index contributed by atoms with van der Waals surface area (Å²) in [6, 6.07) is 0. The molecule has 0 fully saturated rings. The summed E-state index contributed by atoms with van der Waals surface area (Å²) in [5.74, 6) is 1.88. The van der Waals surface area contributed by atoms with Gasteiger partial charge in [-0.3, -0.25) is 0 Å². The maximum Gasteiger partial charge on any atom is 0.480 e. The highest BCUT2D eigenvalue weighted by Gasteiger charge is 2.01. The second kappa shape index (κ2) is 7.38. The number of hydrogen-bond donors (Lipinski definition) is 2. The molecular weight excluding hydrogens is 151 g/mol. The van der Waals surface area contributed by atoms with Gasteiger partial charge in [-0.1, -0.05) is 45.2 Å². The molecule has 0 heterocycles. The highest BCUT2D eigenvalue weighted by Crippen LogP contribution is 2.10. The third-order valence-electron chi connectivity index (χ3n) is 1.87. The van der Waals surface area contributed by atoms with E-state index in [9.17, 15) is 0 Å². The standard InChI is InChI=1S/C9H19BO2/c1-3-4-5-6-9(2)7-8-10(11)12/h7-9,11-12H,3-6H2,1-2H3/b8-7+. The Labute approximate surface area is 75.5 Å². The lowest BCUT2D eigenvalue weighted by molar-refractivity contribution is 0.423. The van der Waals surface area contributed by atoms with Gasteiger partial charge in [-0.15, -0.1) is 0 Å². The number of rotatable bonds is 6. The fourth-order valence-electron chi connectivity index (χ4n) is 1.10. The topological polar surface area (TPSA) is 40.5 Å². The Kier molecular flexibility index (Phi) is 7.21. The molecule has 0 aliphatic carbocycles. The first-order chi connectivity index (χ1) is 5.66. The van der Waals surface area contributed by atoms with Crippen molar-refractivity contribution in [3.63, 3.8) is 0 Å². The molecule has 1 atom stereocenters. The molecule has 12 heavy (non-hydrogen) atoms. The average Bonchev–Trinajstić information content (AvgIpc) is 2.01. The van der Waals surface area contributed by atoms with Gasteiger partial charge in [-0.2, -0.15) is 0 Å². The van der Waals surface area contributed by atoms with Gasteiger partial charge in [0.2, 0.25) is 0 Å². The minimum Gasteiger partial charge on any atom is -0.424 e. The monoisotopic (exact) mass is 170 g/mol. The molecule has 0 bridgehead atoms. The van der Waals surface area contributed by atoms with Gasteiger partial charge in [0.25, 0.3) is 0 Å². The Morgan fingerprint density at radius 1 is 1.33 bits per heavy atom. The summed E-state index contributed by atoms with van der Waals surface area (Å²) < 4.78 is 0. The van der Waals surface area contributed by atoms with E-state index in [0.29, 0.717) is 5.92 Å². The SMILES string of the molecule is CCCCCC(C)/C=C/B(O)O. The van der Waals surface area contributed by atoms with Crippen LogP contribution in [0, 0.1) is 5.92 Å². The summed E-state index contributed by atoms with van der Waals surface area (Å²) in [6.07, 6.45) is 6.72. The van der Waals surface area contributed by atoms with Crippen molar-refractivity contribution >= 4 is 7.12 Å². The van der Waals surface area contributed by atoms with Crippen LogP contribution >= 0.6 is 0 Å². The normalized spacial score (nSPS) is 13.7. The van der Waals surface area contributed by atoms with Crippen LogP contribution in [0.4, 0.5) is 0 Å². The quantitative estimate of drug-likeness (QED) is 0.471. The predicted molar refractivity (Wildman–Crippen MR) is 52.6 cm³/mol. The van der Waals surface area contributed by atoms with Crippen LogP contribution < -0.4 is 0 Å². The van der Waals surface area contributed by atoms with Gasteiger partial charge in [0.15, 0.2) is 0 Å². The second-order valence-corrected chi connectivity index (χ2v) is 3.27. The van der Waals surface area contributed by atoms with Crippen LogP contribution in [0.1, 0.15) is 39.5 Å². The molecule has 0 aliphatic rings. The van der Waals surface area contributed by atoms with Crippen LogP contribution in [0.3, 0.4) is 0 Å². The van der Waals surface area contributed by atoms with Crippen LogP contribution in [0.5, 0.6) is 0 Å². The maximum atomic E-state index is 8.54. The van der Waals surface area contributed by atoms with Gasteiger partial charge in [0.1, 0.15) is 0 Å². The van der Waals surface area contributed by atoms with E-state index in [0.717, 1.165) is 6.42 Å². The average molecular weight is 170 g/mol. The van der Waals surface area contributed by atoms with Gasteiger partial charge < -0.3 is 10.0 Å². The maximum absolute atomic E-state index is 8.54. The third-order valence-corrected chi connectivity index (χ3v) is 1.87. The zero-order chi connectivity index (χ0) is 9.40. The Bertz CT molecular complexity index is 124. The van der Waals surface area contributed by atoms with Gasteiger partial charge in [-0.25, -0.2) is 0 Å². The minimum atomic E-state index is -1.29. The molecule has 0 saturated carbocycles. The fourth-order valence-corrected chi connectivity index (χ4v) is 1.10. The Morgan fingerprint density at radius 3 is 2.50 bits per heavy atom. The second-order valence-electron chi connectivity index (χ2n) is 3.27. The molecule has 0 aliphatic heterocycles. The molecule has 0 saturated heterocycles. The molecular formula is C9H19BO2. The highest BCUT2D eigenvalue weighted by atomic mass is 16.4. The van der Waals surface area contributed by atoms with Crippen molar-refractivity contribution in [3.8, 4) is 0 Å². The zero-order valence-electron chi connectivity index (χ0n) is 8.03. The van der Waals surface area contributed by atoms with Gasteiger partial charge in [0, 0.05) is 0 Å². The highest BCUT2D eigenvalue weighted by molar-refractivity contribution is 6.47. The van der Waals surface area contributed by atoms with Gasteiger partial charge >= 0.3 is 7.12 Å². The molecule has 2 N–H and O–H groups in total. The first-order valence-corrected chi connectivity index (χ1v) is 4.71. The number of allylic oxidation sites excluding steroid dienone is 1. The van der Waals surface area contributed by atoms with E-state index in [-0.39, 0.29) is 0 Å². The van der Waals surface area contributed by atoms with Crippen LogP contribution in [0.25, 0.3) is 0 Å². The molecule has 0 rings (SSSR count). The van der Waals surface area contributed by atoms with Crippen LogP contribution in [0.15, 0.2) is 12.1 Å². The molecule has 70 valence electrons. The molecule has 1 unspecified atom stereocenters. The van der Waals surface area contributed by atoms with Crippen molar-refractivity contribution in [1.29, 1.82) is 0 Å². The van der Waals surface area contributed by atoms with Crippen molar-refractivity contribution < 1.29 is 10.0 Å². The summed E-state index contributed by atoms with van der Waals surface area (Å²) in [7, 11) is -1.29. The molecule has 0 aromatic carbocycles.